The quantitative estimate of drug-likeness (QED) is 0.312. The van der Waals surface area contributed by atoms with Crippen molar-refractivity contribution in [3.63, 3.8) is 0 Å². The van der Waals surface area contributed by atoms with E-state index in [-0.39, 0.29) is 9.79 Å². The Hall–Kier alpha value is -3.46. The highest BCUT2D eigenvalue weighted by molar-refractivity contribution is 7.93. The molecule has 0 spiro atoms. The maximum Gasteiger partial charge on any atom is 0.294 e. The van der Waals surface area contributed by atoms with E-state index in [1.807, 2.05) is 50.2 Å². The highest BCUT2D eigenvalue weighted by Crippen LogP contribution is 2.40. The van der Waals surface area contributed by atoms with E-state index in [9.17, 15) is 21.4 Å². The van der Waals surface area contributed by atoms with E-state index < -0.39 is 20.1 Å². The molecule has 0 bridgehead atoms. The van der Waals surface area contributed by atoms with Crippen LogP contribution in [-0.2, 0) is 26.6 Å². The van der Waals surface area contributed by atoms with Crippen LogP contribution in [0, 0.1) is 13.8 Å². The highest BCUT2D eigenvalue weighted by Gasteiger charge is 2.29. The lowest BCUT2D eigenvalue weighted by atomic mass is 10.1. The number of benzene rings is 4. The molecule has 35 heavy (non-hydrogen) atoms. The van der Waals surface area contributed by atoms with E-state index in [0.29, 0.717) is 17.8 Å². The first-order valence-corrected chi connectivity index (χ1v) is 13.8. The third-order valence-corrected chi connectivity index (χ3v) is 8.73. The van der Waals surface area contributed by atoms with Gasteiger partial charge in [-0.2, -0.15) is 8.42 Å². The Morgan fingerprint density at radius 1 is 0.657 bits per heavy atom. The van der Waals surface area contributed by atoms with E-state index in [1.165, 1.54) is 16.4 Å². The number of sulfonamides is 1. The Labute approximate surface area is 205 Å². The lowest BCUT2D eigenvalue weighted by Crippen LogP contribution is -2.26. The van der Waals surface area contributed by atoms with Crippen molar-refractivity contribution in [3.05, 3.63) is 107 Å². The SMILES string of the molecule is Cc1cccc(N(c2cccc(C)c2)S(=O)(=O)c2ccc3c(c2)Cc2cc(S(=O)(=O)O)ccc2-3)c1. The Bertz CT molecular complexity index is 1650. The number of hydrogen-bond donors (Lipinski definition) is 1. The molecule has 0 atom stereocenters. The van der Waals surface area contributed by atoms with Crippen molar-refractivity contribution >= 4 is 31.5 Å². The molecule has 4 aromatic rings. The molecular weight excluding hydrogens is 482 g/mol. The van der Waals surface area contributed by atoms with Crippen LogP contribution in [0.1, 0.15) is 22.3 Å². The molecular formula is C27H23NO5S2. The molecule has 1 N–H and O–H groups in total. The van der Waals surface area contributed by atoms with Gasteiger partial charge in [0.2, 0.25) is 0 Å². The number of hydrogen-bond acceptors (Lipinski definition) is 4. The second kappa shape index (κ2) is 8.34. The summed E-state index contributed by atoms with van der Waals surface area (Å²) in [4.78, 5) is -0.0379. The third-order valence-electron chi connectivity index (χ3n) is 6.13. The van der Waals surface area contributed by atoms with Gasteiger partial charge in [0.1, 0.15) is 0 Å². The summed E-state index contributed by atoms with van der Waals surface area (Å²) in [5, 5.41) is 0. The number of rotatable bonds is 5. The summed E-state index contributed by atoms with van der Waals surface area (Å²) >= 11 is 0. The fraction of sp³-hybridized carbons (Fsp3) is 0.111. The summed E-state index contributed by atoms with van der Waals surface area (Å²) in [5.74, 6) is 0. The van der Waals surface area contributed by atoms with Crippen LogP contribution < -0.4 is 4.31 Å². The van der Waals surface area contributed by atoms with Crippen LogP contribution in [0.25, 0.3) is 11.1 Å². The molecule has 0 saturated carbocycles. The number of aryl methyl sites for hydroxylation is 2. The maximum absolute atomic E-state index is 14.0. The second-order valence-electron chi connectivity index (χ2n) is 8.74. The van der Waals surface area contributed by atoms with Crippen LogP contribution in [0.5, 0.6) is 0 Å². The first-order valence-electron chi connectivity index (χ1n) is 11.0. The molecule has 0 unspecified atom stereocenters. The van der Waals surface area contributed by atoms with Gasteiger partial charge in [-0.05, 0) is 102 Å². The van der Waals surface area contributed by atoms with Crippen LogP contribution in [0.2, 0.25) is 0 Å². The van der Waals surface area contributed by atoms with E-state index in [1.54, 1.807) is 36.4 Å². The number of anilines is 2. The maximum atomic E-state index is 14.0. The van der Waals surface area contributed by atoms with Gasteiger partial charge in [-0.1, -0.05) is 36.4 Å². The molecule has 5 rings (SSSR count). The molecule has 0 heterocycles. The zero-order valence-electron chi connectivity index (χ0n) is 19.1. The molecule has 178 valence electrons. The largest absolute Gasteiger partial charge is 0.294 e. The first kappa shape index (κ1) is 23.3. The van der Waals surface area contributed by atoms with Crippen molar-refractivity contribution in [2.45, 2.75) is 30.1 Å². The van der Waals surface area contributed by atoms with Gasteiger partial charge in [-0.25, -0.2) is 12.7 Å². The summed E-state index contributed by atoms with van der Waals surface area (Å²) in [6.45, 7) is 3.83. The van der Waals surface area contributed by atoms with Gasteiger partial charge in [-0.3, -0.25) is 4.55 Å². The highest BCUT2D eigenvalue weighted by atomic mass is 32.2. The topological polar surface area (TPSA) is 91.8 Å². The Balaban J connectivity index is 1.61. The molecule has 1 aliphatic rings. The molecule has 0 fully saturated rings. The van der Waals surface area contributed by atoms with Crippen molar-refractivity contribution < 1.29 is 21.4 Å². The lowest BCUT2D eigenvalue weighted by Gasteiger charge is -2.25. The number of fused-ring (bicyclic) bond motifs is 3. The molecule has 0 aromatic heterocycles. The monoisotopic (exact) mass is 505 g/mol. The van der Waals surface area contributed by atoms with Gasteiger partial charge < -0.3 is 0 Å². The Kier molecular flexibility index (Phi) is 5.55. The molecule has 0 amide bonds. The van der Waals surface area contributed by atoms with Crippen LogP contribution in [-0.4, -0.2) is 21.4 Å². The van der Waals surface area contributed by atoms with E-state index in [4.69, 9.17) is 0 Å². The predicted octanol–water partition coefficient (Wildman–Crippen LogP) is 5.65. The van der Waals surface area contributed by atoms with E-state index in [2.05, 4.69) is 0 Å². The van der Waals surface area contributed by atoms with Crippen molar-refractivity contribution in [3.8, 4) is 11.1 Å². The zero-order chi connectivity index (χ0) is 25.0. The smallest absolute Gasteiger partial charge is 0.282 e. The normalized spacial score (nSPS) is 12.8. The van der Waals surface area contributed by atoms with Crippen molar-refractivity contribution in [1.29, 1.82) is 0 Å². The summed E-state index contributed by atoms with van der Waals surface area (Å²) in [6.07, 6.45) is 0.367. The van der Waals surface area contributed by atoms with Gasteiger partial charge in [-0.15, -0.1) is 0 Å². The fourth-order valence-electron chi connectivity index (χ4n) is 4.52. The summed E-state index contributed by atoms with van der Waals surface area (Å²) in [5.41, 5.74) is 6.13. The van der Waals surface area contributed by atoms with Gasteiger partial charge >= 0.3 is 0 Å². The molecule has 0 aliphatic heterocycles. The van der Waals surface area contributed by atoms with Crippen LogP contribution in [0.4, 0.5) is 11.4 Å². The zero-order valence-corrected chi connectivity index (χ0v) is 20.8. The van der Waals surface area contributed by atoms with Crippen LogP contribution >= 0.6 is 0 Å². The van der Waals surface area contributed by atoms with Gasteiger partial charge in [0.25, 0.3) is 20.1 Å². The Morgan fingerprint density at radius 3 is 1.63 bits per heavy atom. The number of nitrogens with zero attached hydrogens (tertiary/aromatic N) is 1. The van der Waals surface area contributed by atoms with Crippen molar-refractivity contribution in [2.75, 3.05) is 4.31 Å². The van der Waals surface area contributed by atoms with Crippen LogP contribution in [0.15, 0.2) is 94.7 Å². The first-order chi connectivity index (χ1) is 16.5. The van der Waals surface area contributed by atoms with E-state index >= 15 is 0 Å². The van der Waals surface area contributed by atoms with Crippen molar-refractivity contribution in [2.24, 2.45) is 0 Å². The minimum Gasteiger partial charge on any atom is -0.282 e. The average molecular weight is 506 g/mol. The molecule has 6 nitrogen and oxygen atoms in total. The molecule has 0 saturated heterocycles. The summed E-state index contributed by atoms with van der Waals surface area (Å²) in [6, 6.07) is 24.1. The fourth-order valence-corrected chi connectivity index (χ4v) is 6.58. The predicted molar refractivity (Wildman–Crippen MR) is 136 cm³/mol. The second-order valence-corrected chi connectivity index (χ2v) is 11.9. The molecule has 8 heteroatoms. The minimum atomic E-state index is -4.33. The van der Waals surface area contributed by atoms with Gasteiger partial charge in [0.05, 0.1) is 21.2 Å². The standard InChI is InChI=1S/C27H23NO5S2/c1-18-5-3-7-22(13-18)28(23-8-4-6-19(2)14-23)34(29,30)24-9-11-26-20(16-24)15-21-17-25(35(31,32)33)10-12-27(21)26/h3-14,16-17H,15H2,1-2H3,(H,31,32,33). The van der Waals surface area contributed by atoms with E-state index in [0.717, 1.165) is 33.4 Å². The molecule has 0 radical (unpaired) electrons. The van der Waals surface area contributed by atoms with Gasteiger partial charge in [0.15, 0.2) is 0 Å². The third kappa shape index (κ3) is 4.25. The average Bonchev–Trinajstić information content (AvgIpc) is 3.16. The van der Waals surface area contributed by atoms with Crippen molar-refractivity contribution in [1.82, 2.24) is 0 Å². The summed E-state index contributed by atoms with van der Waals surface area (Å²) in [7, 11) is -8.31. The molecule has 4 aromatic carbocycles. The van der Waals surface area contributed by atoms with Crippen LogP contribution in [0.3, 0.4) is 0 Å². The van der Waals surface area contributed by atoms with Gasteiger partial charge in [0, 0.05) is 0 Å². The minimum absolute atomic E-state index is 0.141. The molecule has 1 aliphatic carbocycles. The Morgan fingerprint density at radius 2 is 1.14 bits per heavy atom. The lowest BCUT2D eigenvalue weighted by molar-refractivity contribution is 0.483. The summed E-state index contributed by atoms with van der Waals surface area (Å²) < 4.78 is 61.9.